The summed E-state index contributed by atoms with van der Waals surface area (Å²) in [5.74, 6) is -2.74. The lowest BCUT2D eigenvalue weighted by molar-refractivity contribution is -0.135. The molecule has 0 aliphatic rings. The summed E-state index contributed by atoms with van der Waals surface area (Å²) in [7, 11) is 0. The lowest BCUT2D eigenvalue weighted by Gasteiger charge is -2.15. The van der Waals surface area contributed by atoms with Gasteiger partial charge in [0.15, 0.2) is 0 Å². The average Bonchev–Trinajstić information content (AvgIpc) is 2.73. The Morgan fingerprint density at radius 1 is 0.903 bits per heavy atom. The van der Waals surface area contributed by atoms with Crippen molar-refractivity contribution in [1.82, 2.24) is 26.2 Å². The van der Waals surface area contributed by atoms with Gasteiger partial charge < -0.3 is 26.1 Å². The number of hydrogen-bond acceptors (Lipinski definition) is 7. The molecule has 2 unspecified atom stereocenters. The van der Waals surface area contributed by atoms with E-state index in [1.807, 2.05) is 0 Å². The zero-order valence-electron chi connectivity index (χ0n) is 17.8. The number of hydrogen-bond donors (Lipinski definition) is 4. The van der Waals surface area contributed by atoms with Gasteiger partial charge in [0.25, 0.3) is 5.91 Å². The molecule has 31 heavy (non-hydrogen) atoms. The number of rotatable bonds is 14. The average molecular weight is 439 g/mol. The van der Waals surface area contributed by atoms with Crippen LogP contribution in [-0.2, 0) is 33.6 Å². The minimum atomic E-state index is -0.959. The van der Waals surface area contributed by atoms with Crippen LogP contribution in [0.2, 0.25) is 0 Å². The van der Waals surface area contributed by atoms with E-state index in [1.165, 1.54) is 26.0 Å². The lowest BCUT2D eigenvalue weighted by Crippen LogP contribution is -2.50. The van der Waals surface area contributed by atoms with E-state index in [2.05, 4.69) is 21.3 Å². The summed E-state index contributed by atoms with van der Waals surface area (Å²) in [5.41, 5.74) is 0. The molecular formula is C19H29N5O7. The molecule has 0 saturated heterocycles. The Morgan fingerprint density at radius 2 is 1.52 bits per heavy atom. The SMILES string of the molecule is C/C=C\C(=O)N(C=O)CCCC(=O)NCC(=O)NC(C)C(=O)NCC(=O)NC(C)C=O. The predicted molar refractivity (Wildman–Crippen MR) is 109 cm³/mol. The molecule has 0 heterocycles. The van der Waals surface area contributed by atoms with E-state index in [4.69, 9.17) is 0 Å². The van der Waals surface area contributed by atoms with Crippen LogP contribution in [0.1, 0.15) is 33.6 Å². The second kappa shape index (κ2) is 15.3. The van der Waals surface area contributed by atoms with E-state index < -0.39 is 41.6 Å². The summed E-state index contributed by atoms with van der Waals surface area (Å²) in [6.07, 6.45) is 3.86. The number of nitrogens with one attached hydrogen (secondary N) is 4. The third-order valence-corrected chi connectivity index (χ3v) is 3.76. The molecule has 0 bridgehead atoms. The summed E-state index contributed by atoms with van der Waals surface area (Å²) < 4.78 is 0. The van der Waals surface area contributed by atoms with Crippen LogP contribution in [0.3, 0.4) is 0 Å². The van der Waals surface area contributed by atoms with Crippen LogP contribution in [0.4, 0.5) is 0 Å². The Hall–Kier alpha value is -3.57. The van der Waals surface area contributed by atoms with E-state index in [1.54, 1.807) is 6.92 Å². The molecule has 4 N–H and O–H groups in total. The van der Waals surface area contributed by atoms with Crippen molar-refractivity contribution in [1.29, 1.82) is 0 Å². The van der Waals surface area contributed by atoms with Crippen molar-refractivity contribution >= 4 is 42.2 Å². The van der Waals surface area contributed by atoms with Crippen molar-refractivity contribution in [3.63, 3.8) is 0 Å². The Bertz CT molecular complexity index is 708. The molecule has 0 aromatic rings. The van der Waals surface area contributed by atoms with Crippen molar-refractivity contribution in [3.05, 3.63) is 12.2 Å². The largest absolute Gasteiger partial charge is 0.347 e. The molecule has 172 valence electrons. The van der Waals surface area contributed by atoms with Crippen LogP contribution in [0.15, 0.2) is 12.2 Å². The number of carbonyl (C=O) groups excluding carboxylic acids is 7. The Morgan fingerprint density at radius 3 is 2.10 bits per heavy atom. The summed E-state index contributed by atoms with van der Waals surface area (Å²) in [6.45, 7) is 3.84. The topological polar surface area (TPSA) is 171 Å². The van der Waals surface area contributed by atoms with Gasteiger partial charge in [-0.05, 0) is 33.3 Å². The summed E-state index contributed by atoms with van der Waals surface area (Å²) >= 11 is 0. The molecule has 12 heteroatoms. The van der Waals surface area contributed by atoms with Crippen LogP contribution in [0, 0.1) is 0 Å². The van der Waals surface area contributed by atoms with E-state index >= 15 is 0 Å². The first-order valence-corrected chi connectivity index (χ1v) is 9.61. The highest BCUT2D eigenvalue weighted by molar-refractivity contribution is 5.94. The molecule has 0 aliphatic carbocycles. The van der Waals surface area contributed by atoms with Gasteiger partial charge in [0.1, 0.15) is 12.3 Å². The van der Waals surface area contributed by atoms with Crippen LogP contribution in [0.5, 0.6) is 0 Å². The van der Waals surface area contributed by atoms with Crippen LogP contribution >= 0.6 is 0 Å². The number of allylic oxidation sites excluding steroid dienone is 1. The maximum absolute atomic E-state index is 11.9. The second-order valence-electron chi connectivity index (χ2n) is 6.52. The van der Waals surface area contributed by atoms with E-state index in [9.17, 15) is 33.6 Å². The fourth-order valence-electron chi connectivity index (χ4n) is 2.15. The maximum atomic E-state index is 11.9. The first kappa shape index (κ1) is 27.4. The zero-order chi connectivity index (χ0) is 23.8. The molecule has 0 fully saturated rings. The van der Waals surface area contributed by atoms with Gasteiger partial charge in [-0.15, -0.1) is 0 Å². The van der Waals surface area contributed by atoms with Gasteiger partial charge in [0.05, 0.1) is 19.1 Å². The zero-order valence-corrected chi connectivity index (χ0v) is 17.8. The molecule has 0 radical (unpaired) electrons. The van der Waals surface area contributed by atoms with Crippen LogP contribution in [0.25, 0.3) is 0 Å². The molecule has 2 atom stereocenters. The quantitative estimate of drug-likeness (QED) is 0.175. The molecule has 6 amide bonds. The molecule has 0 spiro atoms. The summed E-state index contributed by atoms with van der Waals surface area (Å²) in [4.78, 5) is 80.8. The molecule has 12 nitrogen and oxygen atoms in total. The maximum Gasteiger partial charge on any atom is 0.252 e. The van der Waals surface area contributed by atoms with Gasteiger partial charge >= 0.3 is 0 Å². The Balaban J connectivity index is 4.17. The number of imide groups is 1. The highest BCUT2D eigenvalue weighted by Gasteiger charge is 2.17. The molecule has 0 aromatic heterocycles. The highest BCUT2D eigenvalue weighted by Crippen LogP contribution is 1.95. The number of aldehydes is 1. The van der Waals surface area contributed by atoms with Gasteiger partial charge in [-0.2, -0.15) is 0 Å². The molecule has 0 aliphatic heterocycles. The van der Waals surface area contributed by atoms with E-state index in [0.717, 1.165) is 4.90 Å². The summed E-state index contributed by atoms with van der Waals surface area (Å²) in [6, 6.07) is -1.64. The van der Waals surface area contributed by atoms with Gasteiger partial charge in [-0.3, -0.25) is 33.7 Å². The van der Waals surface area contributed by atoms with Crippen molar-refractivity contribution < 1.29 is 33.6 Å². The Kier molecular flexibility index (Phi) is 13.5. The third-order valence-electron chi connectivity index (χ3n) is 3.76. The molecule has 0 rings (SSSR count). The van der Waals surface area contributed by atoms with Gasteiger partial charge in [-0.25, -0.2) is 0 Å². The lowest BCUT2D eigenvalue weighted by atomic mass is 10.2. The van der Waals surface area contributed by atoms with E-state index in [-0.39, 0.29) is 32.5 Å². The standard InChI is InChI=1S/C19H29N5O7/c1-4-6-18(30)24(12-26)8-5-7-15(27)20-9-17(29)23-14(3)19(31)21-10-16(28)22-13(2)11-25/h4,6,11-14H,5,7-10H2,1-3H3,(H,20,27)(H,21,31)(H,22,28)(H,23,29)/b6-4-. The Labute approximate surface area is 180 Å². The minimum Gasteiger partial charge on any atom is -0.347 e. The van der Waals surface area contributed by atoms with Crippen LogP contribution < -0.4 is 21.3 Å². The van der Waals surface area contributed by atoms with Crippen molar-refractivity contribution in [2.45, 2.75) is 45.7 Å². The second-order valence-corrected chi connectivity index (χ2v) is 6.52. The normalized spacial score (nSPS) is 12.2. The van der Waals surface area contributed by atoms with Crippen LogP contribution in [-0.4, -0.2) is 78.9 Å². The highest BCUT2D eigenvalue weighted by atomic mass is 16.2. The fraction of sp³-hybridized carbons (Fsp3) is 0.526. The first-order chi connectivity index (χ1) is 14.6. The number of nitrogens with zero attached hydrogens (tertiary/aromatic N) is 1. The fourth-order valence-corrected chi connectivity index (χ4v) is 2.15. The van der Waals surface area contributed by atoms with Crippen molar-refractivity contribution in [2.24, 2.45) is 0 Å². The smallest absolute Gasteiger partial charge is 0.252 e. The molecular weight excluding hydrogens is 410 g/mol. The van der Waals surface area contributed by atoms with Crippen molar-refractivity contribution in [2.75, 3.05) is 19.6 Å². The number of amides is 6. The molecule has 0 aromatic carbocycles. The molecule has 0 saturated carbocycles. The predicted octanol–water partition coefficient (Wildman–Crippen LogP) is -2.23. The third kappa shape index (κ3) is 12.6. The monoisotopic (exact) mass is 439 g/mol. The minimum absolute atomic E-state index is 0.00883. The van der Waals surface area contributed by atoms with Crippen molar-refractivity contribution in [3.8, 4) is 0 Å². The van der Waals surface area contributed by atoms with Gasteiger partial charge in [-0.1, -0.05) is 6.08 Å². The van der Waals surface area contributed by atoms with Gasteiger partial charge in [0, 0.05) is 13.0 Å². The first-order valence-electron chi connectivity index (χ1n) is 9.61. The van der Waals surface area contributed by atoms with E-state index in [0.29, 0.717) is 12.7 Å². The summed E-state index contributed by atoms with van der Waals surface area (Å²) in [5, 5.41) is 9.37. The van der Waals surface area contributed by atoms with Gasteiger partial charge in [0.2, 0.25) is 30.0 Å². The number of carbonyl (C=O) groups is 7.